The normalized spacial score (nSPS) is 15.4. The molecule has 82 valence electrons. The first kappa shape index (κ1) is 11.1. The second-order valence-corrected chi connectivity index (χ2v) is 5.31. The van der Waals surface area contributed by atoms with Crippen molar-refractivity contribution in [3.05, 3.63) is 15.3 Å². The number of carbonyl (C=O) groups is 1. The Labute approximate surface area is 105 Å². The predicted octanol–water partition coefficient (Wildman–Crippen LogP) is 2.03. The molecule has 1 saturated carbocycles. The zero-order chi connectivity index (χ0) is 11.0. The first-order chi connectivity index (χ1) is 7.08. The number of hydrogen-bond donors (Lipinski definition) is 0. The van der Waals surface area contributed by atoms with Crippen LogP contribution in [0.1, 0.15) is 12.8 Å². The largest absolute Gasteiger partial charge is 0.341 e. The van der Waals surface area contributed by atoms with Crippen molar-refractivity contribution in [2.45, 2.75) is 25.4 Å². The molecule has 0 atom stereocenters. The summed E-state index contributed by atoms with van der Waals surface area (Å²) >= 11 is 6.61. The zero-order valence-corrected chi connectivity index (χ0v) is 11.5. The summed E-state index contributed by atoms with van der Waals surface area (Å²) in [5.41, 5.74) is 0. The fourth-order valence-electron chi connectivity index (χ4n) is 1.38. The molecule has 0 aromatic carbocycles. The van der Waals surface area contributed by atoms with Gasteiger partial charge in [0.15, 0.2) is 0 Å². The number of rotatable bonds is 3. The Morgan fingerprint density at radius 1 is 1.67 bits per heavy atom. The monoisotopic (exact) mass is 335 g/mol. The van der Waals surface area contributed by atoms with E-state index in [4.69, 9.17) is 0 Å². The van der Waals surface area contributed by atoms with Crippen molar-refractivity contribution in [2.24, 2.45) is 0 Å². The van der Waals surface area contributed by atoms with Crippen LogP contribution in [0.3, 0.4) is 0 Å². The molecule has 1 aliphatic rings. The molecule has 0 unspecified atom stereocenters. The summed E-state index contributed by atoms with van der Waals surface area (Å²) in [5, 5.41) is 4.15. The van der Waals surface area contributed by atoms with Crippen molar-refractivity contribution in [1.82, 2.24) is 14.7 Å². The van der Waals surface area contributed by atoms with Gasteiger partial charge < -0.3 is 4.90 Å². The lowest BCUT2D eigenvalue weighted by Gasteiger charge is -2.16. The lowest BCUT2D eigenvalue weighted by atomic mass is 10.5. The highest BCUT2D eigenvalue weighted by Gasteiger charge is 2.29. The van der Waals surface area contributed by atoms with Crippen LogP contribution in [0.25, 0.3) is 0 Å². The second-order valence-electron chi connectivity index (χ2n) is 3.68. The van der Waals surface area contributed by atoms with Crippen LogP contribution >= 0.6 is 31.9 Å². The Hall–Kier alpha value is -0.360. The fourth-order valence-corrected chi connectivity index (χ4v) is 2.52. The van der Waals surface area contributed by atoms with Crippen LogP contribution in [0.15, 0.2) is 15.3 Å². The fraction of sp³-hybridized carbons (Fsp3) is 0.556. The maximum Gasteiger partial charge on any atom is 0.244 e. The van der Waals surface area contributed by atoms with E-state index in [0.29, 0.717) is 12.6 Å². The van der Waals surface area contributed by atoms with Gasteiger partial charge in [-0.15, -0.1) is 0 Å². The Morgan fingerprint density at radius 2 is 2.33 bits per heavy atom. The lowest BCUT2D eigenvalue weighted by molar-refractivity contribution is -0.131. The van der Waals surface area contributed by atoms with Gasteiger partial charge in [0.2, 0.25) is 5.91 Å². The molecule has 1 aromatic heterocycles. The van der Waals surface area contributed by atoms with Crippen LogP contribution in [0.5, 0.6) is 0 Å². The molecule has 0 bridgehead atoms. The Balaban J connectivity index is 2.01. The molecule has 1 aliphatic carbocycles. The molecule has 1 amide bonds. The third kappa shape index (κ3) is 2.60. The molecule has 1 heterocycles. The van der Waals surface area contributed by atoms with Crippen molar-refractivity contribution in [3.8, 4) is 0 Å². The van der Waals surface area contributed by atoms with Crippen molar-refractivity contribution < 1.29 is 4.79 Å². The smallest absolute Gasteiger partial charge is 0.244 e. The summed E-state index contributed by atoms with van der Waals surface area (Å²) in [6.45, 7) is 0.291. The van der Waals surface area contributed by atoms with Crippen LogP contribution in [-0.4, -0.2) is 33.7 Å². The number of amides is 1. The molecule has 0 saturated heterocycles. The molecule has 0 aliphatic heterocycles. The first-order valence-electron chi connectivity index (χ1n) is 4.72. The van der Waals surface area contributed by atoms with Crippen LogP contribution in [0.4, 0.5) is 0 Å². The van der Waals surface area contributed by atoms with Crippen molar-refractivity contribution in [1.29, 1.82) is 0 Å². The number of aromatic nitrogens is 2. The molecule has 1 aromatic rings. The average molecular weight is 337 g/mol. The van der Waals surface area contributed by atoms with E-state index in [9.17, 15) is 4.79 Å². The molecule has 4 nitrogen and oxygen atoms in total. The molecular weight excluding hydrogens is 326 g/mol. The maximum absolute atomic E-state index is 11.8. The number of halogens is 2. The summed E-state index contributed by atoms with van der Waals surface area (Å²) < 4.78 is 3.19. The van der Waals surface area contributed by atoms with Gasteiger partial charge in [-0.3, -0.25) is 4.79 Å². The Kier molecular flexibility index (Phi) is 3.16. The molecular formula is C9H11Br2N3O. The average Bonchev–Trinajstić information content (AvgIpc) is 2.94. The summed E-state index contributed by atoms with van der Waals surface area (Å²) in [6, 6.07) is 2.28. The van der Waals surface area contributed by atoms with E-state index in [1.807, 2.05) is 18.0 Å². The lowest BCUT2D eigenvalue weighted by Crippen LogP contribution is -2.32. The van der Waals surface area contributed by atoms with Crippen molar-refractivity contribution in [3.63, 3.8) is 0 Å². The predicted molar refractivity (Wildman–Crippen MR) is 63.4 cm³/mol. The minimum absolute atomic E-state index is 0.105. The van der Waals surface area contributed by atoms with Gasteiger partial charge in [-0.25, -0.2) is 4.68 Å². The van der Waals surface area contributed by atoms with Gasteiger partial charge >= 0.3 is 0 Å². The van der Waals surface area contributed by atoms with Gasteiger partial charge in [-0.2, -0.15) is 5.10 Å². The van der Waals surface area contributed by atoms with Crippen LogP contribution in [-0.2, 0) is 11.3 Å². The zero-order valence-electron chi connectivity index (χ0n) is 8.28. The van der Waals surface area contributed by atoms with E-state index in [2.05, 4.69) is 37.0 Å². The SMILES string of the molecule is CN(C(=O)Cn1nc(Br)cc1Br)C1CC1. The third-order valence-electron chi connectivity index (χ3n) is 2.47. The highest BCUT2D eigenvalue weighted by atomic mass is 79.9. The minimum Gasteiger partial charge on any atom is -0.341 e. The van der Waals surface area contributed by atoms with E-state index in [1.165, 1.54) is 0 Å². The highest BCUT2D eigenvalue weighted by molar-refractivity contribution is 9.11. The van der Waals surface area contributed by atoms with E-state index >= 15 is 0 Å². The molecule has 0 radical (unpaired) electrons. The summed E-state index contributed by atoms with van der Waals surface area (Å²) in [6.07, 6.45) is 2.26. The standard InChI is InChI=1S/C9H11Br2N3O/c1-13(6-2-3-6)9(15)5-14-8(11)4-7(10)12-14/h4,6H,2-3,5H2,1H3. The number of likely N-dealkylation sites (N-methyl/N-ethyl adjacent to an activating group) is 1. The van der Waals surface area contributed by atoms with Crippen molar-refractivity contribution >= 4 is 37.8 Å². The molecule has 0 N–H and O–H groups in total. The Bertz CT molecular complexity index is 387. The van der Waals surface area contributed by atoms with Crippen LogP contribution in [0, 0.1) is 0 Å². The first-order valence-corrected chi connectivity index (χ1v) is 6.31. The molecule has 0 spiro atoms. The summed E-state index contributed by atoms with van der Waals surface area (Å²) in [5.74, 6) is 0.105. The van der Waals surface area contributed by atoms with Crippen molar-refractivity contribution in [2.75, 3.05) is 7.05 Å². The summed E-state index contributed by atoms with van der Waals surface area (Å²) in [7, 11) is 1.85. The number of carbonyl (C=O) groups excluding carboxylic acids is 1. The minimum atomic E-state index is 0.105. The second kappa shape index (κ2) is 4.25. The summed E-state index contributed by atoms with van der Waals surface area (Å²) in [4.78, 5) is 13.6. The molecule has 1 fully saturated rings. The van der Waals surface area contributed by atoms with Gasteiger partial charge in [-0.05, 0) is 44.7 Å². The van der Waals surface area contributed by atoms with Gasteiger partial charge in [0.05, 0.1) is 0 Å². The quantitative estimate of drug-likeness (QED) is 0.847. The number of nitrogens with zero attached hydrogens (tertiary/aromatic N) is 3. The number of hydrogen-bond acceptors (Lipinski definition) is 2. The maximum atomic E-state index is 11.8. The van der Waals surface area contributed by atoms with Gasteiger partial charge in [0.25, 0.3) is 0 Å². The molecule has 2 rings (SSSR count). The van der Waals surface area contributed by atoms with E-state index in [-0.39, 0.29) is 5.91 Å². The van der Waals surface area contributed by atoms with Crippen LogP contribution < -0.4 is 0 Å². The molecule has 6 heteroatoms. The van der Waals surface area contributed by atoms with E-state index in [1.54, 1.807) is 4.68 Å². The Morgan fingerprint density at radius 3 is 2.80 bits per heavy atom. The van der Waals surface area contributed by atoms with Gasteiger partial charge in [0, 0.05) is 19.2 Å². The van der Waals surface area contributed by atoms with Gasteiger partial charge in [0.1, 0.15) is 15.8 Å². The van der Waals surface area contributed by atoms with E-state index < -0.39 is 0 Å². The molecule has 15 heavy (non-hydrogen) atoms. The van der Waals surface area contributed by atoms with Crippen LogP contribution in [0.2, 0.25) is 0 Å². The van der Waals surface area contributed by atoms with Gasteiger partial charge in [-0.1, -0.05) is 0 Å². The highest BCUT2D eigenvalue weighted by Crippen LogP contribution is 2.25. The van der Waals surface area contributed by atoms with E-state index in [0.717, 1.165) is 22.0 Å². The third-order valence-corrected chi connectivity index (χ3v) is 3.50. The topological polar surface area (TPSA) is 38.1 Å².